The number of hydrogen-bond donors (Lipinski definition) is 2. The summed E-state index contributed by atoms with van der Waals surface area (Å²) in [6.07, 6.45) is 7.09. The van der Waals surface area contributed by atoms with Crippen LogP contribution in [0.1, 0.15) is 48.9 Å². The maximum atomic E-state index is 13.6. The molecule has 0 radical (unpaired) electrons. The number of ether oxygens (including phenoxy) is 3. The van der Waals surface area contributed by atoms with E-state index in [9.17, 15) is 4.79 Å². The van der Waals surface area contributed by atoms with Gasteiger partial charge in [-0.2, -0.15) is 0 Å². The van der Waals surface area contributed by atoms with Crippen molar-refractivity contribution in [3.05, 3.63) is 35.9 Å². The Labute approximate surface area is 224 Å². The van der Waals surface area contributed by atoms with Crippen molar-refractivity contribution in [3.63, 3.8) is 0 Å². The average molecular weight is 522 g/mol. The summed E-state index contributed by atoms with van der Waals surface area (Å²) in [4.78, 5) is 20.5. The second-order valence-corrected chi connectivity index (χ2v) is 10.3. The normalized spacial score (nSPS) is 19.2. The van der Waals surface area contributed by atoms with Gasteiger partial charge in [0.05, 0.1) is 32.4 Å². The zero-order valence-electron chi connectivity index (χ0n) is 22.7. The van der Waals surface area contributed by atoms with E-state index in [4.69, 9.17) is 24.9 Å². The molecule has 3 N–H and O–H groups in total. The number of imidazole rings is 1. The number of aromatic nitrogens is 2. The molecule has 38 heavy (non-hydrogen) atoms. The first-order valence-electron chi connectivity index (χ1n) is 13.6. The maximum Gasteiger partial charge on any atom is 0.253 e. The quantitative estimate of drug-likeness (QED) is 0.417. The van der Waals surface area contributed by atoms with Gasteiger partial charge in [0.15, 0.2) is 11.5 Å². The fourth-order valence-electron chi connectivity index (χ4n) is 6.08. The molecule has 2 atom stereocenters. The van der Waals surface area contributed by atoms with E-state index in [2.05, 4.69) is 14.8 Å². The number of carbonyl (C=O) groups is 1. The van der Waals surface area contributed by atoms with E-state index in [1.54, 1.807) is 21.3 Å². The minimum absolute atomic E-state index is 0.113. The number of aryl methyl sites for hydroxylation is 1. The number of rotatable bonds is 9. The lowest BCUT2D eigenvalue weighted by Gasteiger charge is -2.41. The summed E-state index contributed by atoms with van der Waals surface area (Å²) in [5.41, 5.74) is 9.05. The molecule has 0 spiro atoms. The predicted molar refractivity (Wildman–Crippen MR) is 149 cm³/mol. The molecular formula is C29H39N5O4. The number of hydrogen-bond acceptors (Lipinski definition) is 7. The first-order chi connectivity index (χ1) is 18.6. The number of carbonyl (C=O) groups excluding carboxylic acids is 1. The van der Waals surface area contributed by atoms with Crippen molar-refractivity contribution in [3.8, 4) is 17.2 Å². The summed E-state index contributed by atoms with van der Waals surface area (Å²) in [6, 6.07) is 9.51. The lowest BCUT2D eigenvalue weighted by Crippen LogP contribution is -2.44. The van der Waals surface area contributed by atoms with Crippen LogP contribution in [0.2, 0.25) is 0 Å². The van der Waals surface area contributed by atoms with Crippen LogP contribution in [0.3, 0.4) is 0 Å². The number of nitrogens with two attached hydrogens (primary N) is 1. The molecule has 3 aromatic rings. The lowest BCUT2D eigenvalue weighted by molar-refractivity contribution is 0.0521. The van der Waals surface area contributed by atoms with Crippen molar-refractivity contribution in [1.29, 1.82) is 0 Å². The van der Waals surface area contributed by atoms with Crippen molar-refractivity contribution < 1.29 is 19.0 Å². The Hall–Kier alpha value is -3.46. The van der Waals surface area contributed by atoms with Crippen LogP contribution >= 0.6 is 0 Å². The van der Waals surface area contributed by atoms with Gasteiger partial charge >= 0.3 is 0 Å². The molecular weight excluding hydrogens is 482 g/mol. The molecule has 5 rings (SSSR count). The molecule has 1 aliphatic heterocycles. The van der Waals surface area contributed by atoms with Crippen LogP contribution in [0.4, 0.5) is 11.6 Å². The third-order valence-electron chi connectivity index (χ3n) is 8.08. The van der Waals surface area contributed by atoms with Gasteiger partial charge in [-0.3, -0.25) is 4.79 Å². The van der Waals surface area contributed by atoms with Crippen LogP contribution in [-0.2, 0) is 6.54 Å². The summed E-state index contributed by atoms with van der Waals surface area (Å²) in [5, 5.41) is 3.41. The van der Waals surface area contributed by atoms with Crippen molar-refractivity contribution in [1.82, 2.24) is 14.5 Å². The smallest absolute Gasteiger partial charge is 0.253 e. The third kappa shape index (κ3) is 5.12. The highest BCUT2D eigenvalue weighted by atomic mass is 16.5. The highest BCUT2D eigenvalue weighted by molar-refractivity contribution is 5.98. The molecule has 1 saturated heterocycles. The molecule has 9 heteroatoms. The summed E-state index contributed by atoms with van der Waals surface area (Å²) >= 11 is 0. The first-order valence-corrected chi connectivity index (χ1v) is 13.6. The van der Waals surface area contributed by atoms with E-state index in [1.165, 1.54) is 25.7 Å². The molecule has 1 aromatic heterocycles. The molecule has 2 fully saturated rings. The van der Waals surface area contributed by atoms with E-state index in [-0.39, 0.29) is 5.91 Å². The van der Waals surface area contributed by atoms with E-state index in [0.29, 0.717) is 47.8 Å². The van der Waals surface area contributed by atoms with Crippen molar-refractivity contribution >= 4 is 28.6 Å². The number of amides is 1. The number of benzene rings is 2. The number of fused-ring (bicyclic) bond motifs is 2. The van der Waals surface area contributed by atoms with Crippen LogP contribution in [-0.4, -0.2) is 61.3 Å². The van der Waals surface area contributed by atoms with E-state index < -0.39 is 0 Å². The van der Waals surface area contributed by atoms with Gasteiger partial charge in [-0.1, -0.05) is 19.3 Å². The standard InChI is InChI=1S/C29H39N5O4/c1-36-25-16-22(17-26(37-2)27(25)38-3)31-29-32-23-10-9-20(15-24(23)34(29)13-6-12-30)28(35)33-14-11-19-7-4-5-8-21(19)18-33/h9-10,15-17,19,21H,4-8,11-14,18,30H2,1-3H3,(H,31,32). The fourth-order valence-corrected chi connectivity index (χ4v) is 6.08. The Morgan fingerprint density at radius 3 is 2.45 bits per heavy atom. The van der Waals surface area contributed by atoms with Crippen LogP contribution in [0.25, 0.3) is 11.0 Å². The Balaban J connectivity index is 1.45. The van der Waals surface area contributed by atoms with Crippen LogP contribution in [0.5, 0.6) is 17.2 Å². The maximum absolute atomic E-state index is 13.6. The number of nitrogens with one attached hydrogen (secondary N) is 1. The Bertz CT molecular complexity index is 1260. The SMILES string of the molecule is COc1cc(Nc2nc3ccc(C(=O)N4CCC5CCCCC5C4)cc3n2CCCN)cc(OC)c1OC. The molecule has 1 amide bonds. The topological polar surface area (TPSA) is 104 Å². The summed E-state index contributed by atoms with van der Waals surface area (Å²) < 4.78 is 18.6. The molecule has 1 aliphatic carbocycles. The van der Waals surface area contributed by atoms with Gasteiger partial charge in [0.25, 0.3) is 5.91 Å². The molecule has 2 aromatic carbocycles. The molecule has 0 bridgehead atoms. The number of nitrogens with zero attached hydrogens (tertiary/aromatic N) is 3. The Kier molecular flexibility index (Phi) is 7.93. The van der Waals surface area contributed by atoms with Crippen LogP contribution in [0, 0.1) is 11.8 Å². The third-order valence-corrected chi connectivity index (χ3v) is 8.08. The minimum atomic E-state index is 0.113. The average Bonchev–Trinajstić information content (AvgIpc) is 3.30. The first kappa shape index (κ1) is 26.2. The van der Waals surface area contributed by atoms with Crippen LogP contribution in [0.15, 0.2) is 30.3 Å². The van der Waals surface area contributed by atoms with Crippen molar-refractivity contribution in [2.24, 2.45) is 17.6 Å². The molecule has 2 aliphatic rings. The zero-order chi connectivity index (χ0) is 26.6. The summed E-state index contributed by atoms with van der Waals surface area (Å²) in [6.45, 7) is 2.95. The van der Waals surface area contributed by atoms with E-state index in [0.717, 1.165) is 48.6 Å². The van der Waals surface area contributed by atoms with Gasteiger partial charge in [0, 0.05) is 43.0 Å². The number of piperidine rings is 1. The van der Waals surface area contributed by atoms with Gasteiger partial charge in [-0.15, -0.1) is 0 Å². The fraction of sp³-hybridized carbons (Fsp3) is 0.517. The van der Waals surface area contributed by atoms with Gasteiger partial charge < -0.3 is 34.7 Å². The highest BCUT2D eigenvalue weighted by Crippen LogP contribution is 2.41. The van der Waals surface area contributed by atoms with Crippen LogP contribution < -0.4 is 25.3 Å². The summed E-state index contributed by atoms with van der Waals surface area (Å²) in [5.74, 6) is 3.84. The molecule has 2 unspecified atom stereocenters. The summed E-state index contributed by atoms with van der Waals surface area (Å²) in [7, 11) is 4.76. The number of likely N-dealkylation sites (tertiary alicyclic amines) is 1. The Morgan fingerprint density at radius 1 is 1.03 bits per heavy atom. The van der Waals surface area contributed by atoms with Gasteiger partial charge in [0.1, 0.15) is 0 Å². The largest absolute Gasteiger partial charge is 0.493 e. The van der Waals surface area contributed by atoms with E-state index >= 15 is 0 Å². The van der Waals surface area contributed by atoms with E-state index in [1.807, 2.05) is 30.3 Å². The molecule has 9 nitrogen and oxygen atoms in total. The highest BCUT2D eigenvalue weighted by Gasteiger charge is 2.33. The molecule has 2 heterocycles. The predicted octanol–water partition coefficient (Wildman–Crippen LogP) is 4.81. The second kappa shape index (κ2) is 11.5. The number of methoxy groups -OCH3 is 3. The zero-order valence-corrected chi connectivity index (χ0v) is 22.7. The minimum Gasteiger partial charge on any atom is -0.493 e. The van der Waals surface area contributed by atoms with Gasteiger partial charge in [0.2, 0.25) is 11.7 Å². The van der Waals surface area contributed by atoms with Crippen molar-refractivity contribution in [2.45, 2.75) is 45.1 Å². The van der Waals surface area contributed by atoms with Crippen molar-refractivity contribution in [2.75, 3.05) is 46.3 Å². The monoisotopic (exact) mass is 521 g/mol. The lowest BCUT2D eigenvalue weighted by atomic mass is 9.75. The Morgan fingerprint density at radius 2 is 1.76 bits per heavy atom. The molecule has 204 valence electrons. The van der Waals surface area contributed by atoms with Gasteiger partial charge in [-0.05, 0) is 55.8 Å². The number of anilines is 2. The second-order valence-electron chi connectivity index (χ2n) is 10.3. The molecule has 1 saturated carbocycles. The van der Waals surface area contributed by atoms with Gasteiger partial charge in [-0.25, -0.2) is 4.98 Å².